The van der Waals surface area contributed by atoms with Gasteiger partial charge < -0.3 is 19.5 Å². The molecule has 2 rings (SSSR count). The van der Waals surface area contributed by atoms with Gasteiger partial charge in [-0.05, 0) is 18.2 Å². The summed E-state index contributed by atoms with van der Waals surface area (Å²) in [6.45, 7) is 1.96. The monoisotopic (exact) mass is 288 g/mol. The van der Waals surface area contributed by atoms with Crippen molar-refractivity contribution in [2.45, 2.75) is 6.54 Å². The highest BCUT2D eigenvalue weighted by Crippen LogP contribution is 2.25. The first kappa shape index (κ1) is 15.1. The van der Waals surface area contributed by atoms with Gasteiger partial charge >= 0.3 is 0 Å². The molecule has 1 aromatic carbocycles. The van der Waals surface area contributed by atoms with Crippen LogP contribution in [0.5, 0.6) is 17.4 Å². The normalized spacial score (nSPS) is 10.2. The molecule has 0 unspecified atom stereocenters. The van der Waals surface area contributed by atoms with Crippen LogP contribution in [0.15, 0.2) is 42.6 Å². The molecule has 21 heavy (non-hydrogen) atoms. The Labute approximate surface area is 124 Å². The van der Waals surface area contributed by atoms with Gasteiger partial charge in [0.25, 0.3) is 0 Å². The highest BCUT2D eigenvalue weighted by Gasteiger charge is 2.03. The van der Waals surface area contributed by atoms with Crippen molar-refractivity contribution in [1.29, 1.82) is 0 Å². The van der Waals surface area contributed by atoms with Gasteiger partial charge in [0.05, 0.1) is 14.2 Å². The molecule has 5 nitrogen and oxygen atoms in total. The number of pyridine rings is 1. The van der Waals surface area contributed by atoms with E-state index in [9.17, 15) is 0 Å². The quantitative estimate of drug-likeness (QED) is 0.755. The average Bonchev–Trinajstić information content (AvgIpc) is 2.55. The standard InChI is InChI=1S/C16H20N2O3/c1-19-14-7-3-4-8-15(14)21-11-10-17-12-13-6-5-9-18-16(13)20-2/h3-9,17H,10-12H2,1-2H3. The molecular formula is C16H20N2O3. The summed E-state index contributed by atoms with van der Waals surface area (Å²) in [4.78, 5) is 4.16. The maximum atomic E-state index is 5.69. The van der Waals surface area contributed by atoms with Gasteiger partial charge in [-0.25, -0.2) is 4.98 Å². The second kappa shape index (κ2) is 8.11. The Bertz CT molecular complexity index is 511. The van der Waals surface area contributed by atoms with Gasteiger partial charge in [0, 0.05) is 24.8 Å². The Morgan fingerprint density at radius 3 is 2.57 bits per heavy atom. The zero-order valence-corrected chi connectivity index (χ0v) is 12.3. The van der Waals surface area contributed by atoms with Crippen LogP contribution in [0.4, 0.5) is 0 Å². The molecule has 0 saturated carbocycles. The van der Waals surface area contributed by atoms with Crippen LogP contribution in [0.3, 0.4) is 0 Å². The van der Waals surface area contributed by atoms with E-state index in [0.717, 1.165) is 23.6 Å². The number of hydrogen-bond acceptors (Lipinski definition) is 5. The maximum absolute atomic E-state index is 5.69. The van der Waals surface area contributed by atoms with Gasteiger partial charge in [0.15, 0.2) is 11.5 Å². The summed E-state index contributed by atoms with van der Waals surface area (Å²) < 4.78 is 16.1. The summed E-state index contributed by atoms with van der Waals surface area (Å²) in [6, 6.07) is 11.5. The number of hydrogen-bond donors (Lipinski definition) is 1. The predicted octanol–water partition coefficient (Wildman–Crippen LogP) is 2.27. The van der Waals surface area contributed by atoms with Crippen LogP contribution in [0.2, 0.25) is 0 Å². The summed E-state index contributed by atoms with van der Waals surface area (Å²) >= 11 is 0. The van der Waals surface area contributed by atoms with Crippen LogP contribution >= 0.6 is 0 Å². The molecule has 5 heteroatoms. The molecule has 0 bridgehead atoms. The number of nitrogens with zero attached hydrogens (tertiary/aromatic N) is 1. The van der Waals surface area contributed by atoms with Gasteiger partial charge in [-0.15, -0.1) is 0 Å². The SMILES string of the molecule is COc1ccccc1OCCNCc1cccnc1OC. The molecule has 112 valence electrons. The van der Waals surface area contributed by atoms with Crippen LogP contribution in [0, 0.1) is 0 Å². The van der Waals surface area contributed by atoms with Crippen molar-refractivity contribution < 1.29 is 14.2 Å². The molecule has 0 radical (unpaired) electrons. The number of nitrogens with one attached hydrogen (secondary N) is 1. The Morgan fingerprint density at radius 2 is 1.81 bits per heavy atom. The largest absolute Gasteiger partial charge is 0.493 e. The Hall–Kier alpha value is -2.27. The third kappa shape index (κ3) is 4.36. The van der Waals surface area contributed by atoms with E-state index in [4.69, 9.17) is 14.2 Å². The fraction of sp³-hybridized carbons (Fsp3) is 0.312. The molecule has 0 aliphatic rings. The van der Waals surface area contributed by atoms with Crippen molar-refractivity contribution >= 4 is 0 Å². The molecule has 1 heterocycles. The van der Waals surface area contributed by atoms with E-state index in [1.54, 1.807) is 20.4 Å². The maximum Gasteiger partial charge on any atom is 0.217 e. The minimum atomic E-state index is 0.558. The van der Waals surface area contributed by atoms with E-state index in [2.05, 4.69) is 10.3 Å². The first-order valence-corrected chi connectivity index (χ1v) is 6.79. The highest BCUT2D eigenvalue weighted by atomic mass is 16.5. The lowest BCUT2D eigenvalue weighted by Crippen LogP contribution is -2.21. The Kier molecular flexibility index (Phi) is 5.84. The van der Waals surface area contributed by atoms with E-state index in [1.165, 1.54) is 0 Å². The smallest absolute Gasteiger partial charge is 0.217 e. The van der Waals surface area contributed by atoms with Gasteiger partial charge in [-0.3, -0.25) is 0 Å². The molecule has 2 aromatic rings. The van der Waals surface area contributed by atoms with Crippen LogP contribution in [-0.4, -0.2) is 32.4 Å². The molecule has 1 aromatic heterocycles. The molecule has 0 saturated heterocycles. The molecule has 1 N–H and O–H groups in total. The molecule has 0 aliphatic carbocycles. The van der Waals surface area contributed by atoms with Gasteiger partial charge in [0.1, 0.15) is 6.61 Å². The Balaban J connectivity index is 1.75. The van der Waals surface area contributed by atoms with Crippen molar-refractivity contribution in [2.75, 3.05) is 27.4 Å². The van der Waals surface area contributed by atoms with Gasteiger partial charge in [-0.1, -0.05) is 18.2 Å². The number of benzene rings is 1. The van der Waals surface area contributed by atoms with Crippen LogP contribution in [0.1, 0.15) is 5.56 Å². The molecule has 0 amide bonds. The highest BCUT2D eigenvalue weighted by molar-refractivity contribution is 5.39. The van der Waals surface area contributed by atoms with Gasteiger partial charge in [0.2, 0.25) is 5.88 Å². The first-order chi connectivity index (χ1) is 10.3. The van der Waals surface area contributed by atoms with Crippen LogP contribution in [-0.2, 0) is 6.54 Å². The van der Waals surface area contributed by atoms with Crippen LogP contribution in [0.25, 0.3) is 0 Å². The Morgan fingerprint density at radius 1 is 1.00 bits per heavy atom. The molecule has 0 fully saturated rings. The minimum absolute atomic E-state index is 0.558. The minimum Gasteiger partial charge on any atom is -0.493 e. The second-order valence-electron chi connectivity index (χ2n) is 4.35. The summed E-state index contributed by atoms with van der Waals surface area (Å²) in [5.74, 6) is 2.14. The third-order valence-electron chi connectivity index (χ3n) is 2.96. The fourth-order valence-corrected chi connectivity index (χ4v) is 1.94. The summed E-state index contributed by atoms with van der Waals surface area (Å²) in [5, 5.41) is 3.30. The summed E-state index contributed by atoms with van der Waals surface area (Å²) in [6.07, 6.45) is 1.72. The molecule has 0 atom stereocenters. The van der Waals surface area contributed by atoms with Crippen molar-refractivity contribution in [1.82, 2.24) is 10.3 Å². The van der Waals surface area contributed by atoms with E-state index >= 15 is 0 Å². The van der Waals surface area contributed by atoms with Crippen molar-refractivity contribution in [3.8, 4) is 17.4 Å². The van der Waals surface area contributed by atoms with Crippen molar-refractivity contribution in [3.63, 3.8) is 0 Å². The number of rotatable bonds is 8. The third-order valence-corrected chi connectivity index (χ3v) is 2.96. The van der Waals surface area contributed by atoms with Crippen LogP contribution < -0.4 is 19.5 Å². The zero-order valence-electron chi connectivity index (χ0n) is 12.3. The molecule has 0 spiro atoms. The summed E-state index contributed by atoms with van der Waals surface area (Å²) in [5.41, 5.74) is 1.03. The second-order valence-corrected chi connectivity index (χ2v) is 4.35. The van der Waals surface area contributed by atoms with E-state index in [0.29, 0.717) is 19.0 Å². The van der Waals surface area contributed by atoms with Crippen molar-refractivity contribution in [2.24, 2.45) is 0 Å². The number of methoxy groups -OCH3 is 2. The first-order valence-electron chi connectivity index (χ1n) is 6.79. The lowest BCUT2D eigenvalue weighted by molar-refractivity contribution is 0.291. The lowest BCUT2D eigenvalue weighted by Gasteiger charge is -2.11. The lowest BCUT2D eigenvalue weighted by atomic mass is 10.2. The number of para-hydroxylation sites is 2. The number of aromatic nitrogens is 1. The predicted molar refractivity (Wildman–Crippen MR) is 81.0 cm³/mol. The molecular weight excluding hydrogens is 268 g/mol. The van der Waals surface area contributed by atoms with E-state index in [1.807, 2.05) is 36.4 Å². The fourth-order valence-electron chi connectivity index (χ4n) is 1.94. The molecule has 0 aliphatic heterocycles. The van der Waals surface area contributed by atoms with E-state index in [-0.39, 0.29) is 0 Å². The topological polar surface area (TPSA) is 52.6 Å². The zero-order chi connectivity index (χ0) is 14.9. The van der Waals surface area contributed by atoms with Crippen molar-refractivity contribution in [3.05, 3.63) is 48.2 Å². The summed E-state index contributed by atoms with van der Waals surface area (Å²) in [7, 11) is 3.26. The van der Waals surface area contributed by atoms with E-state index < -0.39 is 0 Å². The van der Waals surface area contributed by atoms with Gasteiger partial charge in [-0.2, -0.15) is 0 Å². The number of ether oxygens (including phenoxy) is 3. The average molecular weight is 288 g/mol.